The van der Waals surface area contributed by atoms with Gasteiger partial charge in [0.05, 0.1) is 6.33 Å². The predicted molar refractivity (Wildman–Crippen MR) is 124 cm³/mol. The van der Waals surface area contributed by atoms with Gasteiger partial charge in [0, 0.05) is 30.4 Å². The van der Waals surface area contributed by atoms with Gasteiger partial charge in [-0.1, -0.05) is 18.2 Å². The molecule has 0 saturated heterocycles. The number of aryl methyl sites for hydroxylation is 1. The van der Waals surface area contributed by atoms with Gasteiger partial charge < -0.3 is 15.2 Å². The molecule has 0 atom stereocenters. The molecular weight excluding hydrogens is 402 g/mol. The number of aromatic nitrogens is 3. The Morgan fingerprint density at radius 1 is 1.09 bits per heavy atom. The number of hydrogen-bond donors (Lipinski definition) is 2. The lowest BCUT2D eigenvalue weighted by atomic mass is 10.0. The Hall–Kier alpha value is -3.48. The summed E-state index contributed by atoms with van der Waals surface area (Å²) >= 11 is 0. The predicted octanol–water partition coefficient (Wildman–Crippen LogP) is 4.29. The topological polar surface area (TPSA) is 88.9 Å². The molecule has 2 heterocycles. The van der Waals surface area contributed by atoms with Crippen LogP contribution in [0.25, 0.3) is 11.1 Å². The lowest BCUT2D eigenvalue weighted by Crippen LogP contribution is -2.24. The van der Waals surface area contributed by atoms with E-state index in [9.17, 15) is 9.59 Å². The first-order valence-electron chi connectivity index (χ1n) is 10.9. The Morgan fingerprint density at radius 2 is 1.84 bits per heavy atom. The van der Waals surface area contributed by atoms with Crippen LogP contribution in [-0.4, -0.2) is 26.3 Å². The van der Waals surface area contributed by atoms with Gasteiger partial charge in [0.1, 0.15) is 11.5 Å². The van der Waals surface area contributed by atoms with Gasteiger partial charge in [0.15, 0.2) is 0 Å². The third kappa shape index (κ3) is 5.04. The van der Waals surface area contributed by atoms with E-state index in [1.807, 2.05) is 35.8 Å². The van der Waals surface area contributed by atoms with Crippen molar-refractivity contribution in [1.29, 1.82) is 0 Å². The number of nitrogens with zero attached hydrogens (tertiary/aromatic N) is 3. The monoisotopic (exact) mass is 431 g/mol. The first-order valence-corrected chi connectivity index (χ1v) is 10.9. The fourth-order valence-electron chi connectivity index (χ4n) is 3.40. The maximum Gasteiger partial charge on any atom is 0.271 e. The minimum absolute atomic E-state index is 0.0456. The Kier molecular flexibility index (Phi) is 5.82. The normalized spacial score (nSPS) is 13.6. The molecule has 2 N–H and O–H groups in total. The third-order valence-corrected chi connectivity index (χ3v) is 5.66. The van der Waals surface area contributed by atoms with Crippen molar-refractivity contribution >= 4 is 17.6 Å². The molecule has 32 heavy (non-hydrogen) atoms. The van der Waals surface area contributed by atoms with Gasteiger partial charge in [-0.25, -0.2) is 9.97 Å². The van der Waals surface area contributed by atoms with Crippen LogP contribution in [0.15, 0.2) is 49.1 Å². The number of carbonyl (C=O) groups excluding carboxylic acids is 2. The summed E-state index contributed by atoms with van der Waals surface area (Å²) in [5.41, 5.74) is 4.41. The van der Waals surface area contributed by atoms with Crippen molar-refractivity contribution in [1.82, 2.24) is 19.9 Å². The molecular formula is C25H29N5O2. The maximum atomic E-state index is 12.5. The summed E-state index contributed by atoms with van der Waals surface area (Å²) in [6.45, 7) is 8.64. The van der Waals surface area contributed by atoms with Crippen molar-refractivity contribution < 1.29 is 9.59 Å². The Labute approximate surface area is 188 Å². The van der Waals surface area contributed by atoms with Crippen LogP contribution in [-0.2, 0) is 16.9 Å². The van der Waals surface area contributed by atoms with E-state index >= 15 is 0 Å². The summed E-state index contributed by atoms with van der Waals surface area (Å²) in [7, 11) is 0. The average Bonchev–Trinajstić information content (AvgIpc) is 3.48. The Balaban J connectivity index is 1.41. The van der Waals surface area contributed by atoms with Gasteiger partial charge in [0.25, 0.3) is 5.91 Å². The van der Waals surface area contributed by atoms with Crippen LogP contribution in [0.2, 0.25) is 0 Å². The van der Waals surface area contributed by atoms with E-state index in [1.165, 1.54) is 0 Å². The highest BCUT2D eigenvalue weighted by molar-refractivity contribution is 5.93. The van der Waals surface area contributed by atoms with Crippen molar-refractivity contribution in [2.45, 2.75) is 52.6 Å². The molecule has 1 aromatic carbocycles. The minimum atomic E-state index is -0.193. The van der Waals surface area contributed by atoms with E-state index in [0.29, 0.717) is 18.1 Å². The van der Waals surface area contributed by atoms with E-state index < -0.39 is 0 Å². The van der Waals surface area contributed by atoms with Crippen LogP contribution in [0.5, 0.6) is 0 Å². The van der Waals surface area contributed by atoms with Gasteiger partial charge in [-0.15, -0.1) is 0 Å². The van der Waals surface area contributed by atoms with Crippen LogP contribution < -0.4 is 10.6 Å². The molecule has 1 aliphatic carbocycles. The van der Waals surface area contributed by atoms with E-state index in [4.69, 9.17) is 0 Å². The van der Waals surface area contributed by atoms with E-state index in [2.05, 4.69) is 47.4 Å². The molecule has 2 amide bonds. The van der Waals surface area contributed by atoms with E-state index in [0.717, 1.165) is 35.1 Å². The first-order chi connectivity index (χ1) is 15.2. The zero-order chi connectivity index (χ0) is 22.9. The highest BCUT2D eigenvalue weighted by atomic mass is 16.2. The number of anilines is 1. The Morgan fingerprint density at radius 3 is 2.50 bits per heavy atom. The van der Waals surface area contributed by atoms with Gasteiger partial charge in [0.2, 0.25) is 5.91 Å². The second-order valence-electron chi connectivity index (χ2n) is 9.35. The van der Waals surface area contributed by atoms with Gasteiger partial charge >= 0.3 is 0 Å². The van der Waals surface area contributed by atoms with Gasteiger partial charge in [-0.05, 0) is 74.9 Å². The zero-order valence-electron chi connectivity index (χ0n) is 19.0. The lowest BCUT2D eigenvalue weighted by molar-refractivity contribution is -0.117. The minimum Gasteiger partial charge on any atom is -0.347 e. The number of pyridine rings is 1. The number of imidazole rings is 1. The van der Waals surface area contributed by atoms with E-state index in [-0.39, 0.29) is 23.3 Å². The Bertz CT molecular complexity index is 1160. The molecule has 1 aliphatic rings. The van der Waals surface area contributed by atoms with Gasteiger partial charge in [-0.3, -0.25) is 9.59 Å². The number of hydrogen-bond acceptors (Lipinski definition) is 4. The molecule has 7 nitrogen and oxygen atoms in total. The quantitative estimate of drug-likeness (QED) is 0.609. The van der Waals surface area contributed by atoms with Crippen molar-refractivity contribution in [2.75, 3.05) is 5.32 Å². The van der Waals surface area contributed by atoms with Crippen LogP contribution in [0, 0.1) is 12.8 Å². The fourth-order valence-corrected chi connectivity index (χ4v) is 3.40. The summed E-state index contributed by atoms with van der Waals surface area (Å²) in [6.07, 6.45) is 7.08. The molecule has 0 bridgehead atoms. The molecule has 0 unspecified atom stereocenters. The first kappa shape index (κ1) is 21.7. The highest BCUT2D eigenvalue weighted by Crippen LogP contribution is 2.30. The molecule has 0 radical (unpaired) electrons. The molecule has 2 aromatic heterocycles. The summed E-state index contributed by atoms with van der Waals surface area (Å²) in [6, 6.07) is 9.93. The molecule has 0 spiro atoms. The second-order valence-corrected chi connectivity index (χ2v) is 9.35. The number of amides is 2. The summed E-state index contributed by atoms with van der Waals surface area (Å²) in [4.78, 5) is 33.0. The van der Waals surface area contributed by atoms with Crippen LogP contribution in [0.4, 0.5) is 5.82 Å². The average molecular weight is 432 g/mol. The number of rotatable bonds is 6. The molecule has 7 heteroatoms. The van der Waals surface area contributed by atoms with Crippen molar-refractivity contribution in [3.8, 4) is 11.1 Å². The second kappa shape index (κ2) is 8.57. The number of benzene rings is 1. The SMILES string of the molecule is Cc1cc(-c2ccnc(NC(=O)C3CC3)c2)ccc1CNC(=O)c1cn(C(C)(C)C)cn1. The summed E-state index contributed by atoms with van der Waals surface area (Å²) in [5, 5.41) is 5.85. The highest BCUT2D eigenvalue weighted by Gasteiger charge is 2.29. The molecule has 0 aliphatic heterocycles. The standard InChI is InChI=1S/C25H29N5O2/c1-16-11-18(19-9-10-26-22(12-19)29-23(31)17-5-6-17)7-8-20(16)13-27-24(32)21-14-30(15-28-21)25(2,3)4/h7-12,14-15,17H,5-6,13H2,1-4H3,(H,27,32)(H,26,29,31). The summed E-state index contributed by atoms with van der Waals surface area (Å²) < 4.78 is 1.93. The van der Waals surface area contributed by atoms with Crippen molar-refractivity contribution in [3.63, 3.8) is 0 Å². The zero-order valence-corrected chi connectivity index (χ0v) is 19.0. The number of carbonyl (C=O) groups is 2. The van der Waals surface area contributed by atoms with Crippen molar-refractivity contribution in [2.24, 2.45) is 5.92 Å². The fraction of sp³-hybridized carbons (Fsp3) is 0.360. The molecule has 4 rings (SSSR count). The largest absolute Gasteiger partial charge is 0.347 e. The lowest BCUT2D eigenvalue weighted by Gasteiger charge is -2.19. The maximum absolute atomic E-state index is 12.5. The molecule has 1 fully saturated rings. The summed E-state index contributed by atoms with van der Waals surface area (Å²) in [5.74, 6) is 0.563. The van der Waals surface area contributed by atoms with Crippen LogP contribution in [0.1, 0.15) is 55.2 Å². The molecule has 3 aromatic rings. The van der Waals surface area contributed by atoms with Gasteiger partial charge in [-0.2, -0.15) is 0 Å². The van der Waals surface area contributed by atoms with Crippen LogP contribution in [0.3, 0.4) is 0 Å². The molecule has 166 valence electrons. The number of nitrogens with one attached hydrogen (secondary N) is 2. The van der Waals surface area contributed by atoms with Crippen molar-refractivity contribution in [3.05, 3.63) is 65.9 Å². The van der Waals surface area contributed by atoms with Crippen LogP contribution >= 0.6 is 0 Å². The molecule has 1 saturated carbocycles. The van der Waals surface area contributed by atoms with E-state index in [1.54, 1.807) is 18.7 Å². The third-order valence-electron chi connectivity index (χ3n) is 5.66. The smallest absolute Gasteiger partial charge is 0.271 e.